The highest BCUT2D eigenvalue weighted by Gasteiger charge is 2.36. The zero-order valence-corrected chi connectivity index (χ0v) is 27.4. The van der Waals surface area contributed by atoms with Gasteiger partial charge in [0.1, 0.15) is 6.26 Å². The fraction of sp³-hybridized carbons (Fsp3) is 0.195. The van der Waals surface area contributed by atoms with Crippen LogP contribution in [-0.2, 0) is 32.6 Å². The first kappa shape index (κ1) is 31.5. The van der Waals surface area contributed by atoms with E-state index in [4.69, 9.17) is 0 Å². The van der Waals surface area contributed by atoms with Crippen molar-refractivity contribution in [2.24, 2.45) is 0 Å². The Morgan fingerprint density at radius 3 is 1.60 bits per heavy atom. The smallest absolute Gasteiger partial charge is 0.258 e. The van der Waals surface area contributed by atoms with Crippen molar-refractivity contribution in [3.05, 3.63) is 154 Å². The van der Waals surface area contributed by atoms with E-state index in [0.717, 1.165) is 62.0 Å². The number of allylic oxidation sites excluding steroid dienone is 1. The first-order valence-corrected chi connectivity index (χ1v) is 16.0. The van der Waals surface area contributed by atoms with E-state index in [-0.39, 0.29) is 17.7 Å². The standard InChI is InChI=1S/C41H38N2O4/c1-6-28-23-33(21-26(3)39(28)42-35(25-44)17-18-36(42)45)41(5,32-15-13-31(14-16-32)30-11-9-8-10-12-30)34-22-27(4)40(29(7-2)24-34)43-37(46)19-20-38(43)47/h8-25,44H,6-7H2,1-5H3/b35-25-. The lowest BCUT2D eigenvalue weighted by molar-refractivity contribution is -0.120. The molecule has 0 saturated carbocycles. The summed E-state index contributed by atoms with van der Waals surface area (Å²) in [6.07, 6.45) is 7.99. The monoisotopic (exact) mass is 622 g/mol. The second kappa shape index (κ2) is 12.4. The largest absolute Gasteiger partial charge is 0.513 e. The summed E-state index contributed by atoms with van der Waals surface area (Å²) in [5.74, 6) is -0.865. The van der Waals surface area contributed by atoms with Crippen LogP contribution in [0.2, 0.25) is 0 Å². The van der Waals surface area contributed by atoms with Crippen LogP contribution in [-0.4, -0.2) is 22.8 Å². The summed E-state index contributed by atoms with van der Waals surface area (Å²) in [6.45, 7) is 10.3. The molecule has 3 amide bonds. The highest BCUT2D eigenvalue weighted by Crippen LogP contribution is 2.45. The van der Waals surface area contributed by atoms with E-state index < -0.39 is 5.41 Å². The minimum absolute atomic E-state index is 0.200. The number of anilines is 2. The molecule has 1 unspecified atom stereocenters. The average molecular weight is 623 g/mol. The molecule has 0 saturated heterocycles. The van der Waals surface area contributed by atoms with E-state index in [1.807, 2.05) is 39.0 Å². The minimum atomic E-state index is -0.657. The normalized spacial score (nSPS) is 16.5. The Morgan fingerprint density at radius 1 is 0.617 bits per heavy atom. The highest BCUT2D eigenvalue weighted by molar-refractivity contribution is 6.28. The summed E-state index contributed by atoms with van der Waals surface area (Å²) >= 11 is 0. The number of aliphatic hydroxyl groups excluding tert-OH is 1. The Labute approximate surface area is 276 Å². The summed E-state index contributed by atoms with van der Waals surface area (Å²) in [7, 11) is 0. The molecule has 236 valence electrons. The molecule has 0 spiro atoms. The lowest BCUT2D eigenvalue weighted by Gasteiger charge is -2.35. The van der Waals surface area contributed by atoms with Crippen molar-refractivity contribution in [1.29, 1.82) is 0 Å². The molecule has 1 atom stereocenters. The van der Waals surface area contributed by atoms with Crippen molar-refractivity contribution >= 4 is 29.1 Å². The van der Waals surface area contributed by atoms with Crippen LogP contribution in [0.5, 0.6) is 0 Å². The number of aryl methyl sites for hydroxylation is 4. The molecule has 6 rings (SSSR count). The van der Waals surface area contributed by atoms with Crippen molar-refractivity contribution in [1.82, 2.24) is 0 Å². The van der Waals surface area contributed by atoms with Gasteiger partial charge in [0.15, 0.2) is 0 Å². The first-order chi connectivity index (χ1) is 22.6. The van der Waals surface area contributed by atoms with Gasteiger partial charge in [-0.25, -0.2) is 4.90 Å². The third-order valence-corrected chi connectivity index (χ3v) is 9.51. The molecule has 0 fully saturated rings. The van der Waals surface area contributed by atoms with E-state index in [1.54, 1.807) is 11.0 Å². The Kier molecular flexibility index (Phi) is 8.29. The van der Waals surface area contributed by atoms with Crippen molar-refractivity contribution < 1.29 is 19.5 Å². The van der Waals surface area contributed by atoms with Crippen LogP contribution in [0.1, 0.15) is 59.7 Å². The summed E-state index contributed by atoms with van der Waals surface area (Å²) in [6, 6.07) is 27.4. The number of nitrogens with zero attached hydrogens (tertiary/aromatic N) is 2. The van der Waals surface area contributed by atoms with Crippen LogP contribution in [0.4, 0.5) is 11.4 Å². The van der Waals surface area contributed by atoms with Crippen molar-refractivity contribution in [2.75, 3.05) is 9.80 Å². The number of amides is 3. The zero-order chi connectivity index (χ0) is 33.5. The minimum Gasteiger partial charge on any atom is -0.513 e. The highest BCUT2D eigenvalue weighted by atomic mass is 16.2. The van der Waals surface area contributed by atoms with Gasteiger partial charge in [0.25, 0.3) is 17.7 Å². The van der Waals surface area contributed by atoms with Gasteiger partial charge in [0, 0.05) is 23.6 Å². The number of benzene rings is 4. The molecule has 4 aromatic rings. The maximum Gasteiger partial charge on any atom is 0.258 e. The fourth-order valence-electron chi connectivity index (χ4n) is 6.98. The van der Waals surface area contributed by atoms with Gasteiger partial charge in [0.2, 0.25) is 0 Å². The molecule has 2 aliphatic heterocycles. The quantitative estimate of drug-likeness (QED) is 0.122. The average Bonchev–Trinajstić information content (AvgIpc) is 3.63. The molecule has 0 aromatic heterocycles. The Bertz CT molecular complexity index is 1990. The predicted octanol–water partition coefficient (Wildman–Crippen LogP) is 8.18. The lowest BCUT2D eigenvalue weighted by atomic mass is 9.69. The predicted molar refractivity (Wildman–Crippen MR) is 188 cm³/mol. The molecule has 2 heterocycles. The molecule has 6 heteroatoms. The van der Waals surface area contributed by atoms with Gasteiger partial charge in [-0.15, -0.1) is 0 Å². The van der Waals surface area contributed by atoms with Crippen LogP contribution in [0.3, 0.4) is 0 Å². The second-order valence-corrected chi connectivity index (χ2v) is 12.3. The van der Waals surface area contributed by atoms with E-state index in [9.17, 15) is 19.5 Å². The van der Waals surface area contributed by atoms with Gasteiger partial charge in [-0.1, -0.05) is 92.7 Å². The molecule has 0 bridgehead atoms. The van der Waals surface area contributed by atoms with Crippen molar-refractivity contribution in [3.8, 4) is 11.1 Å². The van der Waals surface area contributed by atoms with E-state index in [0.29, 0.717) is 24.2 Å². The maximum atomic E-state index is 13.0. The topological polar surface area (TPSA) is 77.9 Å². The molecule has 47 heavy (non-hydrogen) atoms. The SMILES string of the molecule is CCc1cc(C(C)(c2ccc(-c3ccccc3)cc2)c2cc(C)c(N3C(=O)C=C/C3=C/O)c(CC)c2)cc(C)c1N1C(=O)C=CC1=O. The number of carbonyl (C=O) groups is 3. The van der Waals surface area contributed by atoms with Crippen molar-refractivity contribution in [3.63, 3.8) is 0 Å². The molecular formula is C41H38N2O4. The summed E-state index contributed by atoms with van der Waals surface area (Å²) in [5, 5.41) is 9.91. The van der Waals surface area contributed by atoms with Crippen LogP contribution in [0, 0.1) is 13.8 Å². The first-order valence-electron chi connectivity index (χ1n) is 16.0. The van der Waals surface area contributed by atoms with Gasteiger partial charge in [-0.2, -0.15) is 0 Å². The van der Waals surface area contributed by atoms with Gasteiger partial charge in [0.05, 0.1) is 17.1 Å². The third-order valence-electron chi connectivity index (χ3n) is 9.51. The fourth-order valence-corrected chi connectivity index (χ4v) is 6.98. The molecule has 6 nitrogen and oxygen atoms in total. The number of rotatable bonds is 8. The molecule has 4 aromatic carbocycles. The number of carbonyl (C=O) groups excluding carboxylic acids is 3. The van der Waals surface area contributed by atoms with Crippen LogP contribution in [0.25, 0.3) is 11.1 Å². The van der Waals surface area contributed by atoms with Crippen LogP contribution >= 0.6 is 0 Å². The van der Waals surface area contributed by atoms with Gasteiger partial charge in [-0.05, 0) is 89.8 Å². The molecule has 2 aliphatic rings. The molecular weight excluding hydrogens is 584 g/mol. The summed E-state index contributed by atoms with van der Waals surface area (Å²) in [5.41, 5.74) is 10.2. The Balaban J connectivity index is 1.57. The van der Waals surface area contributed by atoms with Crippen molar-refractivity contribution in [2.45, 2.75) is 52.9 Å². The molecule has 1 N–H and O–H groups in total. The third kappa shape index (κ3) is 5.30. The lowest BCUT2D eigenvalue weighted by Crippen LogP contribution is -2.32. The van der Waals surface area contributed by atoms with E-state index in [1.165, 1.54) is 23.1 Å². The Morgan fingerprint density at radius 2 is 1.09 bits per heavy atom. The maximum absolute atomic E-state index is 13.0. The number of hydrogen-bond acceptors (Lipinski definition) is 4. The zero-order valence-electron chi connectivity index (χ0n) is 27.4. The summed E-state index contributed by atoms with van der Waals surface area (Å²) in [4.78, 5) is 41.3. The van der Waals surface area contributed by atoms with Gasteiger partial charge >= 0.3 is 0 Å². The van der Waals surface area contributed by atoms with Crippen LogP contribution in [0.15, 0.2) is 115 Å². The van der Waals surface area contributed by atoms with Gasteiger partial charge < -0.3 is 5.11 Å². The van der Waals surface area contributed by atoms with E-state index >= 15 is 0 Å². The number of imide groups is 1. The molecule has 0 aliphatic carbocycles. The van der Waals surface area contributed by atoms with E-state index in [2.05, 4.69) is 74.5 Å². The summed E-state index contributed by atoms with van der Waals surface area (Å²) < 4.78 is 0. The number of aliphatic hydroxyl groups is 1. The Hall–Kier alpha value is -5.49. The van der Waals surface area contributed by atoms with Gasteiger partial charge in [-0.3, -0.25) is 19.3 Å². The second-order valence-electron chi connectivity index (χ2n) is 12.3. The molecule has 0 radical (unpaired) electrons. The van der Waals surface area contributed by atoms with Crippen LogP contribution < -0.4 is 9.80 Å². The number of hydrogen-bond donors (Lipinski definition) is 1.